The lowest BCUT2D eigenvalue weighted by Gasteiger charge is -2.13. The summed E-state index contributed by atoms with van der Waals surface area (Å²) in [5.41, 5.74) is 2.43. The summed E-state index contributed by atoms with van der Waals surface area (Å²) in [4.78, 5) is 11.9. The van der Waals surface area contributed by atoms with E-state index in [2.05, 4.69) is 24.4 Å². The highest BCUT2D eigenvalue weighted by molar-refractivity contribution is 7.99. The van der Waals surface area contributed by atoms with Crippen molar-refractivity contribution in [1.29, 1.82) is 0 Å². The molecule has 2 aromatic rings. The lowest BCUT2D eigenvalue weighted by Crippen LogP contribution is -2.29. The molecule has 0 radical (unpaired) electrons. The van der Waals surface area contributed by atoms with Crippen LogP contribution in [0, 0.1) is 0 Å². The smallest absolute Gasteiger partial charge is 0.230 e. The van der Waals surface area contributed by atoms with Gasteiger partial charge in [0.05, 0.1) is 5.75 Å². The Morgan fingerprint density at radius 1 is 1.14 bits per heavy atom. The molecule has 116 valence electrons. The fourth-order valence-corrected chi connectivity index (χ4v) is 3.00. The summed E-state index contributed by atoms with van der Waals surface area (Å²) in [6.07, 6.45) is 0. The van der Waals surface area contributed by atoms with Crippen molar-refractivity contribution in [1.82, 2.24) is 5.32 Å². The second kappa shape index (κ2) is 8.86. The van der Waals surface area contributed by atoms with Crippen LogP contribution in [-0.4, -0.2) is 18.2 Å². The van der Waals surface area contributed by atoms with Gasteiger partial charge < -0.3 is 5.32 Å². The summed E-state index contributed by atoms with van der Waals surface area (Å²) in [5, 5.41) is 3.73. The Bertz CT molecular complexity index is 586. The Morgan fingerprint density at radius 3 is 2.50 bits per heavy atom. The Labute approximate surface area is 141 Å². The highest BCUT2D eigenvalue weighted by atomic mass is 35.5. The third-order valence-electron chi connectivity index (χ3n) is 3.39. The highest BCUT2D eigenvalue weighted by Gasteiger charge is 2.07. The molecule has 0 aliphatic heterocycles. The van der Waals surface area contributed by atoms with Crippen molar-refractivity contribution >= 4 is 29.3 Å². The molecule has 0 bridgehead atoms. The number of carbonyl (C=O) groups is 1. The fraction of sp³-hybridized carbons (Fsp3) is 0.278. The maximum Gasteiger partial charge on any atom is 0.230 e. The third kappa shape index (κ3) is 5.74. The molecular weight excluding hydrogens is 314 g/mol. The molecule has 0 unspecified atom stereocenters. The van der Waals surface area contributed by atoms with Crippen molar-refractivity contribution in [3.8, 4) is 0 Å². The Balaban J connectivity index is 1.66. The minimum atomic E-state index is 0.0849. The van der Waals surface area contributed by atoms with Gasteiger partial charge in [-0.1, -0.05) is 61.0 Å². The predicted octanol–water partition coefficient (Wildman–Crippen LogP) is 4.49. The van der Waals surface area contributed by atoms with Crippen LogP contribution >= 0.6 is 23.4 Å². The normalized spacial score (nSPS) is 11.9. The highest BCUT2D eigenvalue weighted by Crippen LogP contribution is 2.16. The zero-order chi connectivity index (χ0) is 15.8. The van der Waals surface area contributed by atoms with Crippen LogP contribution in [0.3, 0.4) is 0 Å². The molecule has 0 spiro atoms. The van der Waals surface area contributed by atoms with Crippen molar-refractivity contribution < 1.29 is 4.79 Å². The van der Waals surface area contributed by atoms with Gasteiger partial charge in [-0.25, -0.2) is 0 Å². The van der Waals surface area contributed by atoms with Crippen molar-refractivity contribution in [2.24, 2.45) is 0 Å². The van der Waals surface area contributed by atoms with Gasteiger partial charge in [-0.15, -0.1) is 11.8 Å². The third-order valence-corrected chi connectivity index (χ3v) is 4.64. The summed E-state index contributed by atoms with van der Waals surface area (Å²) < 4.78 is 0. The molecular formula is C18H20ClNOS. The SMILES string of the molecule is C[C@H](CNC(=O)CSCc1ccc(Cl)cc1)c1ccccc1. The van der Waals surface area contributed by atoms with Crippen LogP contribution in [0.4, 0.5) is 0 Å². The van der Waals surface area contributed by atoms with E-state index in [-0.39, 0.29) is 5.91 Å². The number of benzene rings is 2. The van der Waals surface area contributed by atoms with E-state index in [1.54, 1.807) is 11.8 Å². The molecule has 2 rings (SSSR count). The van der Waals surface area contributed by atoms with E-state index in [1.165, 1.54) is 11.1 Å². The number of hydrogen-bond acceptors (Lipinski definition) is 2. The van der Waals surface area contributed by atoms with E-state index in [9.17, 15) is 4.79 Å². The molecule has 0 aliphatic rings. The number of nitrogens with one attached hydrogen (secondary N) is 1. The topological polar surface area (TPSA) is 29.1 Å². The van der Waals surface area contributed by atoms with Gasteiger partial charge in [0.1, 0.15) is 0 Å². The van der Waals surface area contributed by atoms with Gasteiger partial charge in [-0.2, -0.15) is 0 Å². The zero-order valence-corrected chi connectivity index (χ0v) is 14.2. The van der Waals surface area contributed by atoms with Gasteiger partial charge in [0, 0.05) is 17.3 Å². The maximum atomic E-state index is 11.9. The molecule has 4 heteroatoms. The molecule has 1 amide bonds. The van der Waals surface area contributed by atoms with Crippen molar-refractivity contribution in [2.45, 2.75) is 18.6 Å². The summed E-state index contributed by atoms with van der Waals surface area (Å²) in [6, 6.07) is 18.0. The molecule has 0 aromatic heterocycles. The van der Waals surface area contributed by atoms with E-state index in [4.69, 9.17) is 11.6 Å². The Hall–Kier alpha value is -1.45. The zero-order valence-electron chi connectivity index (χ0n) is 12.6. The summed E-state index contributed by atoms with van der Waals surface area (Å²) >= 11 is 7.46. The second-order valence-electron chi connectivity index (χ2n) is 5.24. The van der Waals surface area contributed by atoms with Crippen LogP contribution in [0.5, 0.6) is 0 Å². The van der Waals surface area contributed by atoms with Crippen LogP contribution in [0.1, 0.15) is 24.0 Å². The van der Waals surface area contributed by atoms with Gasteiger partial charge in [0.25, 0.3) is 0 Å². The molecule has 1 atom stereocenters. The number of halogens is 1. The van der Waals surface area contributed by atoms with Crippen LogP contribution in [0.25, 0.3) is 0 Å². The summed E-state index contributed by atoms with van der Waals surface area (Å²) in [7, 11) is 0. The molecule has 0 heterocycles. The lowest BCUT2D eigenvalue weighted by molar-refractivity contribution is -0.118. The van der Waals surface area contributed by atoms with E-state index in [0.717, 1.165) is 10.8 Å². The number of amides is 1. The van der Waals surface area contributed by atoms with Crippen LogP contribution in [0.2, 0.25) is 5.02 Å². The maximum absolute atomic E-state index is 11.9. The first-order valence-corrected chi connectivity index (χ1v) is 8.82. The Kier molecular flexibility index (Phi) is 6.81. The van der Waals surface area contributed by atoms with Crippen molar-refractivity contribution in [2.75, 3.05) is 12.3 Å². The first-order valence-electron chi connectivity index (χ1n) is 7.29. The molecule has 2 aromatic carbocycles. The lowest BCUT2D eigenvalue weighted by atomic mass is 10.0. The van der Waals surface area contributed by atoms with Gasteiger partial charge in [0.2, 0.25) is 5.91 Å². The van der Waals surface area contributed by atoms with E-state index in [0.29, 0.717) is 18.2 Å². The molecule has 0 aliphatic carbocycles. The van der Waals surface area contributed by atoms with Gasteiger partial charge in [-0.05, 0) is 29.2 Å². The molecule has 0 fully saturated rings. The van der Waals surface area contributed by atoms with Gasteiger partial charge in [0.15, 0.2) is 0 Å². The first kappa shape index (κ1) is 16.9. The average Bonchev–Trinajstić information content (AvgIpc) is 2.55. The van der Waals surface area contributed by atoms with Gasteiger partial charge in [-0.3, -0.25) is 4.79 Å². The standard InChI is InChI=1S/C18H20ClNOS/c1-14(16-5-3-2-4-6-16)11-20-18(21)13-22-12-15-7-9-17(19)10-8-15/h2-10,14H,11-13H2,1H3,(H,20,21)/t14-/m1/s1. The average molecular weight is 334 g/mol. The van der Waals surface area contributed by atoms with Crippen LogP contribution < -0.4 is 5.32 Å². The first-order chi connectivity index (χ1) is 10.6. The van der Waals surface area contributed by atoms with Crippen molar-refractivity contribution in [3.05, 3.63) is 70.7 Å². The minimum absolute atomic E-state index is 0.0849. The second-order valence-corrected chi connectivity index (χ2v) is 6.66. The molecule has 0 saturated heterocycles. The number of thioether (sulfide) groups is 1. The summed E-state index contributed by atoms with van der Waals surface area (Å²) in [5.74, 6) is 1.70. The monoisotopic (exact) mass is 333 g/mol. The molecule has 0 saturated carbocycles. The molecule has 2 nitrogen and oxygen atoms in total. The largest absolute Gasteiger partial charge is 0.355 e. The summed E-state index contributed by atoms with van der Waals surface area (Å²) in [6.45, 7) is 2.79. The van der Waals surface area contributed by atoms with E-state index >= 15 is 0 Å². The Morgan fingerprint density at radius 2 is 1.82 bits per heavy atom. The fourth-order valence-electron chi connectivity index (χ4n) is 2.06. The van der Waals surface area contributed by atoms with Crippen LogP contribution in [0.15, 0.2) is 54.6 Å². The minimum Gasteiger partial charge on any atom is -0.355 e. The quantitative estimate of drug-likeness (QED) is 0.808. The van der Waals surface area contributed by atoms with Crippen molar-refractivity contribution in [3.63, 3.8) is 0 Å². The van der Waals surface area contributed by atoms with E-state index < -0.39 is 0 Å². The molecule has 22 heavy (non-hydrogen) atoms. The number of carbonyl (C=O) groups excluding carboxylic acids is 1. The van der Waals surface area contributed by atoms with E-state index in [1.807, 2.05) is 42.5 Å². The molecule has 1 N–H and O–H groups in total. The van der Waals surface area contributed by atoms with Gasteiger partial charge >= 0.3 is 0 Å². The number of rotatable bonds is 7. The van der Waals surface area contributed by atoms with Crippen LogP contribution in [-0.2, 0) is 10.5 Å². The number of hydrogen-bond donors (Lipinski definition) is 1. The predicted molar refractivity (Wildman–Crippen MR) is 95.5 cm³/mol.